The van der Waals surface area contributed by atoms with Gasteiger partial charge in [-0.3, -0.25) is 9.97 Å². The fraction of sp³-hybridized carbons (Fsp3) is 0. The summed E-state index contributed by atoms with van der Waals surface area (Å²) in [6.45, 7) is 0. The second kappa shape index (κ2) is 12.6. The molecule has 5 heteroatoms. The monoisotopic (exact) mass is 682 g/mol. The van der Waals surface area contributed by atoms with Crippen LogP contribution in [0.1, 0.15) is 0 Å². The van der Waals surface area contributed by atoms with E-state index in [9.17, 15) is 0 Å². The van der Waals surface area contributed by atoms with Crippen molar-refractivity contribution >= 4 is 70.5 Å². The molecule has 4 nitrogen and oxygen atoms in total. The lowest BCUT2D eigenvalue weighted by atomic mass is 10.0. The molecular formula is C47H30N4S. The van der Waals surface area contributed by atoms with E-state index in [4.69, 9.17) is 15.0 Å². The van der Waals surface area contributed by atoms with Gasteiger partial charge in [0.15, 0.2) is 0 Å². The van der Waals surface area contributed by atoms with Gasteiger partial charge in [-0.2, -0.15) is 0 Å². The van der Waals surface area contributed by atoms with Crippen LogP contribution in [0.2, 0.25) is 0 Å². The molecule has 0 aliphatic rings. The van der Waals surface area contributed by atoms with Gasteiger partial charge in [-0.15, -0.1) is 11.3 Å². The van der Waals surface area contributed by atoms with Gasteiger partial charge in [0.1, 0.15) is 4.83 Å². The smallest absolute Gasteiger partial charge is 0.125 e. The van der Waals surface area contributed by atoms with E-state index in [2.05, 4.69) is 150 Å². The first-order valence-electron chi connectivity index (χ1n) is 17.3. The highest BCUT2D eigenvalue weighted by atomic mass is 32.1. The Morgan fingerprint density at radius 1 is 0.404 bits per heavy atom. The average Bonchev–Trinajstić information content (AvgIpc) is 3.59. The van der Waals surface area contributed by atoms with Gasteiger partial charge in [0.25, 0.3) is 0 Å². The van der Waals surface area contributed by atoms with Gasteiger partial charge < -0.3 is 4.90 Å². The summed E-state index contributed by atoms with van der Waals surface area (Å²) in [6.07, 6.45) is 3.91. The first kappa shape index (κ1) is 30.2. The number of benzene rings is 6. The van der Waals surface area contributed by atoms with Crippen molar-refractivity contribution < 1.29 is 0 Å². The fourth-order valence-electron chi connectivity index (χ4n) is 7.06. The molecule has 0 aliphatic heterocycles. The van der Waals surface area contributed by atoms with Crippen LogP contribution in [-0.2, 0) is 0 Å². The van der Waals surface area contributed by atoms with E-state index < -0.39 is 0 Å². The Morgan fingerprint density at radius 2 is 0.904 bits per heavy atom. The highest BCUT2D eigenvalue weighted by Gasteiger charge is 2.15. The maximum atomic E-state index is 5.08. The predicted molar refractivity (Wildman–Crippen MR) is 219 cm³/mol. The molecule has 0 fully saturated rings. The maximum absolute atomic E-state index is 5.08. The second-order valence-electron chi connectivity index (χ2n) is 13.0. The summed E-state index contributed by atoms with van der Waals surface area (Å²) in [5.41, 5.74) is 11.7. The van der Waals surface area contributed by atoms with Crippen LogP contribution in [0.5, 0.6) is 0 Å². The Kier molecular flexibility index (Phi) is 7.29. The summed E-state index contributed by atoms with van der Waals surface area (Å²) in [4.78, 5) is 17.9. The minimum Gasteiger partial charge on any atom is -0.311 e. The van der Waals surface area contributed by atoms with Crippen molar-refractivity contribution in [3.8, 4) is 33.5 Å². The summed E-state index contributed by atoms with van der Waals surface area (Å²) < 4.78 is 1.26. The second-order valence-corrected chi connectivity index (χ2v) is 14.0. The van der Waals surface area contributed by atoms with Crippen molar-refractivity contribution in [1.29, 1.82) is 0 Å². The topological polar surface area (TPSA) is 41.9 Å². The molecule has 10 aromatic rings. The molecule has 0 aliphatic carbocycles. The molecular weight excluding hydrogens is 653 g/mol. The van der Waals surface area contributed by atoms with Crippen molar-refractivity contribution in [1.82, 2.24) is 15.0 Å². The Hall–Kier alpha value is -6.69. The fourth-order valence-corrected chi connectivity index (χ4v) is 8.13. The molecule has 0 spiro atoms. The molecule has 0 bridgehead atoms. The van der Waals surface area contributed by atoms with Crippen LogP contribution < -0.4 is 4.90 Å². The molecule has 0 N–H and O–H groups in total. The Balaban J connectivity index is 1.02. The molecule has 10 rings (SSSR count). The predicted octanol–water partition coefficient (Wildman–Crippen LogP) is 13.0. The Labute approximate surface area is 305 Å². The highest BCUT2D eigenvalue weighted by molar-refractivity contribution is 7.25. The van der Waals surface area contributed by atoms with Gasteiger partial charge in [-0.1, -0.05) is 91.0 Å². The lowest BCUT2D eigenvalue weighted by Crippen LogP contribution is -2.09. The van der Waals surface area contributed by atoms with Crippen LogP contribution in [0.15, 0.2) is 182 Å². The quantitative estimate of drug-likeness (QED) is 0.175. The van der Waals surface area contributed by atoms with Gasteiger partial charge in [-0.05, 0) is 90.0 Å². The lowest BCUT2D eigenvalue weighted by molar-refractivity contribution is 1.28. The van der Waals surface area contributed by atoms with Crippen molar-refractivity contribution in [2.24, 2.45) is 0 Å². The van der Waals surface area contributed by atoms with Crippen molar-refractivity contribution in [3.05, 3.63) is 182 Å². The molecule has 52 heavy (non-hydrogen) atoms. The Morgan fingerprint density at radius 3 is 1.48 bits per heavy atom. The number of thiophene rings is 1. The van der Waals surface area contributed by atoms with Gasteiger partial charge in [0.2, 0.25) is 0 Å². The summed E-state index contributed by atoms with van der Waals surface area (Å²) in [6, 6.07) is 60.0. The third-order valence-corrected chi connectivity index (χ3v) is 10.8. The minimum atomic E-state index is 0.971. The first-order chi connectivity index (χ1) is 25.7. The maximum Gasteiger partial charge on any atom is 0.125 e. The number of para-hydroxylation sites is 2. The first-order valence-corrected chi connectivity index (χ1v) is 18.1. The van der Waals surface area contributed by atoms with E-state index in [1.807, 2.05) is 36.7 Å². The number of fused-ring (bicyclic) bond motifs is 5. The normalized spacial score (nSPS) is 11.5. The number of rotatable bonds is 6. The number of hydrogen-bond acceptors (Lipinski definition) is 5. The van der Waals surface area contributed by atoms with Crippen molar-refractivity contribution in [2.45, 2.75) is 0 Å². The number of nitrogens with zero attached hydrogens (tertiary/aromatic N) is 4. The van der Waals surface area contributed by atoms with Crippen molar-refractivity contribution in [2.75, 3.05) is 4.90 Å². The molecule has 4 aromatic heterocycles. The van der Waals surface area contributed by atoms with Gasteiger partial charge >= 0.3 is 0 Å². The number of hydrogen-bond donors (Lipinski definition) is 0. The SMILES string of the molecule is c1ccc2ncc(-c3ccc(N(c4ccc(-c5cnc6ccccc6c5)cc4)c4ccc(-c5ccc6c(n5)sc5ccccc56)cc4)cc3)cc2c1. The van der Waals surface area contributed by atoms with Crippen LogP contribution >= 0.6 is 11.3 Å². The number of anilines is 3. The summed E-state index contributed by atoms with van der Waals surface area (Å²) >= 11 is 1.75. The standard InChI is InChI=1S/C47H30N4S/c1-4-10-43-34(7-1)27-36(29-48-43)31-13-19-38(20-14-31)51(39-21-15-32(16-22-39)37-28-35-8-2-5-11-44(35)49-30-37)40-23-17-33(18-24-40)45-26-25-42-41-9-3-6-12-46(41)52-47(42)50-45/h1-30H. The zero-order valence-corrected chi connectivity index (χ0v) is 28.8. The van der Waals surface area contributed by atoms with Crippen LogP contribution in [-0.4, -0.2) is 15.0 Å². The van der Waals surface area contributed by atoms with E-state index in [-0.39, 0.29) is 0 Å². The van der Waals surface area contributed by atoms with Crippen LogP contribution in [0, 0.1) is 0 Å². The highest BCUT2D eigenvalue weighted by Crippen LogP contribution is 2.39. The molecule has 4 heterocycles. The summed E-state index contributed by atoms with van der Waals surface area (Å²) in [7, 11) is 0. The lowest BCUT2D eigenvalue weighted by Gasteiger charge is -2.26. The number of pyridine rings is 3. The van der Waals surface area contributed by atoms with E-state index in [1.54, 1.807) is 11.3 Å². The van der Waals surface area contributed by atoms with Crippen LogP contribution in [0.3, 0.4) is 0 Å². The van der Waals surface area contributed by atoms with Crippen LogP contribution in [0.25, 0.3) is 75.6 Å². The summed E-state index contributed by atoms with van der Waals surface area (Å²) in [5.74, 6) is 0. The van der Waals surface area contributed by atoms with E-state index >= 15 is 0 Å². The molecule has 6 aromatic carbocycles. The average molecular weight is 683 g/mol. The number of aromatic nitrogens is 3. The largest absolute Gasteiger partial charge is 0.311 e. The molecule has 0 saturated heterocycles. The third kappa shape index (κ3) is 5.45. The van der Waals surface area contributed by atoms with Gasteiger partial charge in [-0.25, -0.2) is 4.98 Å². The van der Waals surface area contributed by atoms with E-state index in [0.29, 0.717) is 0 Å². The van der Waals surface area contributed by atoms with E-state index in [0.717, 1.165) is 77.2 Å². The molecule has 0 atom stereocenters. The zero-order valence-electron chi connectivity index (χ0n) is 28.0. The van der Waals surface area contributed by atoms with Gasteiger partial charge in [0.05, 0.1) is 16.7 Å². The molecule has 0 amide bonds. The molecule has 0 radical (unpaired) electrons. The van der Waals surface area contributed by atoms with E-state index in [1.165, 1.54) is 15.5 Å². The van der Waals surface area contributed by atoms with Gasteiger partial charge in [0, 0.05) is 72.4 Å². The molecule has 244 valence electrons. The minimum absolute atomic E-state index is 0.971. The molecule has 0 unspecified atom stereocenters. The summed E-state index contributed by atoms with van der Waals surface area (Å²) in [5, 5.41) is 4.73. The zero-order chi connectivity index (χ0) is 34.4. The van der Waals surface area contributed by atoms with Crippen molar-refractivity contribution in [3.63, 3.8) is 0 Å². The molecule has 0 saturated carbocycles. The Bertz CT molecular complexity index is 2770. The third-order valence-electron chi connectivity index (χ3n) is 9.76. The van der Waals surface area contributed by atoms with Crippen LogP contribution in [0.4, 0.5) is 17.1 Å².